The lowest BCUT2D eigenvalue weighted by atomic mass is 9.94. The Morgan fingerprint density at radius 1 is 1.00 bits per heavy atom. The minimum atomic E-state index is -0.193. The Kier molecular flexibility index (Phi) is 6.36. The summed E-state index contributed by atoms with van der Waals surface area (Å²) in [4.78, 5) is 14.3. The Hall–Kier alpha value is -2.13. The molecule has 2 rings (SSSR count). The summed E-state index contributed by atoms with van der Waals surface area (Å²) in [5, 5.41) is 0. The number of likely N-dealkylation sites (N-methyl/N-ethyl adjacent to an activating group) is 1. The van der Waals surface area contributed by atoms with Gasteiger partial charge in [-0.1, -0.05) is 61.5 Å². The lowest BCUT2D eigenvalue weighted by Gasteiger charge is -2.16. The molecular formula is C20H25NO2. The molecule has 0 aromatic heterocycles. The van der Waals surface area contributed by atoms with Crippen molar-refractivity contribution in [1.82, 2.24) is 4.90 Å². The van der Waals surface area contributed by atoms with E-state index in [0.29, 0.717) is 6.61 Å². The van der Waals surface area contributed by atoms with Crippen LogP contribution in [0.1, 0.15) is 24.8 Å². The smallest absolute Gasteiger partial charge is 0.313 e. The van der Waals surface area contributed by atoms with Crippen LogP contribution in [0.25, 0.3) is 11.1 Å². The highest BCUT2D eigenvalue weighted by Gasteiger charge is 2.20. The summed E-state index contributed by atoms with van der Waals surface area (Å²) in [6.07, 6.45) is 0.742. The second kappa shape index (κ2) is 8.49. The van der Waals surface area contributed by atoms with E-state index < -0.39 is 0 Å². The predicted octanol–water partition coefficient (Wildman–Crippen LogP) is 3.95. The zero-order valence-electron chi connectivity index (χ0n) is 14.2. The van der Waals surface area contributed by atoms with Crippen LogP contribution in [0, 0.1) is 0 Å². The number of ether oxygens (including phenoxy) is 1. The molecule has 0 bridgehead atoms. The predicted molar refractivity (Wildman–Crippen MR) is 94.4 cm³/mol. The average Bonchev–Trinajstić information content (AvgIpc) is 2.56. The van der Waals surface area contributed by atoms with E-state index in [-0.39, 0.29) is 11.9 Å². The topological polar surface area (TPSA) is 29.5 Å². The molecule has 3 nitrogen and oxygen atoms in total. The Bertz CT molecular complexity index is 605. The second-order valence-electron chi connectivity index (χ2n) is 5.92. The Labute approximate surface area is 138 Å². The van der Waals surface area contributed by atoms with Gasteiger partial charge in [0.1, 0.15) is 6.61 Å². The Morgan fingerprint density at radius 2 is 1.61 bits per heavy atom. The molecule has 23 heavy (non-hydrogen) atoms. The molecule has 1 atom stereocenters. The van der Waals surface area contributed by atoms with Crippen LogP contribution in [0.15, 0.2) is 54.6 Å². The third kappa shape index (κ3) is 4.93. The van der Waals surface area contributed by atoms with E-state index >= 15 is 0 Å². The molecule has 2 aromatic rings. The SMILES string of the molecule is CC[C@H](C(=O)OCCN(C)C)c1ccc(-c2ccccc2)cc1. The molecule has 2 aromatic carbocycles. The number of benzene rings is 2. The van der Waals surface area contributed by atoms with Crippen molar-refractivity contribution in [3.63, 3.8) is 0 Å². The molecule has 0 amide bonds. The van der Waals surface area contributed by atoms with Gasteiger partial charge in [0.15, 0.2) is 0 Å². The molecule has 0 unspecified atom stereocenters. The van der Waals surface area contributed by atoms with Gasteiger partial charge in [0.05, 0.1) is 5.92 Å². The van der Waals surface area contributed by atoms with Gasteiger partial charge in [-0.2, -0.15) is 0 Å². The summed E-state index contributed by atoms with van der Waals surface area (Å²) >= 11 is 0. The molecule has 0 aliphatic carbocycles. The van der Waals surface area contributed by atoms with Crippen molar-refractivity contribution in [1.29, 1.82) is 0 Å². The summed E-state index contributed by atoms with van der Waals surface area (Å²) in [6, 6.07) is 18.4. The van der Waals surface area contributed by atoms with Gasteiger partial charge in [-0.3, -0.25) is 4.79 Å². The number of esters is 1. The highest BCUT2D eigenvalue weighted by molar-refractivity contribution is 5.78. The second-order valence-corrected chi connectivity index (χ2v) is 5.92. The van der Waals surface area contributed by atoms with Gasteiger partial charge in [0.2, 0.25) is 0 Å². The van der Waals surface area contributed by atoms with Crippen LogP contribution >= 0.6 is 0 Å². The molecule has 0 saturated heterocycles. The molecule has 0 heterocycles. The van der Waals surface area contributed by atoms with Gasteiger partial charge >= 0.3 is 5.97 Å². The van der Waals surface area contributed by atoms with E-state index in [1.54, 1.807) is 0 Å². The zero-order chi connectivity index (χ0) is 16.7. The van der Waals surface area contributed by atoms with Crippen LogP contribution in [-0.2, 0) is 9.53 Å². The van der Waals surface area contributed by atoms with Crippen molar-refractivity contribution in [3.05, 3.63) is 60.2 Å². The van der Waals surface area contributed by atoms with Crippen LogP contribution < -0.4 is 0 Å². The monoisotopic (exact) mass is 311 g/mol. The maximum absolute atomic E-state index is 12.3. The number of carbonyl (C=O) groups excluding carboxylic acids is 1. The molecule has 0 N–H and O–H groups in total. The summed E-state index contributed by atoms with van der Waals surface area (Å²) in [7, 11) is 3.93. The maximum atomic E-state index is 12.3. The number of hydrogen-bond acceptors (Lipinski definition) is 3. The van der Waals surface area contributed by atoms with Crippen LogP contribution in [0.2, 0.25) is 0 Å². The molecule has 3 heteroatoms. The third-order valence-corrected chi connectivity index (χ3v) is 3.90. The lowest BCUT2D eigenvalue weighted by molar-refractivity contribution is -0.145. The van der Waals surface area contributed by atoms with Crippen molar-refractivity contribution in [2.75, 3.05) is 27.2 Å². The van der Waals surface area contributed by atoms with E-state index in [4.69, 9.17) is 4.74 Å². The standard InChI is InChI=1S/C20H25NO2/c1-4-19(20(22)23-15-14-21(2)3)18-12-10-17(11-13-18)16-8-6-5-7-9-16/h5-13,19H,4,14-15H2,1-3H3/t19-/m0/s1. The molecule has 0 spiro atoms. The number of rotatable bonds is 7. The van der Waals surface area contributed by atoms with E-state index in [2.05, 4.69) is 24.3 Å². The number of hydrogen-bond donors (Lipinski definition) is 0. The van der Waals surface area contributed by atoms with Crippen molar-refractivity contribution >= 4 is 5.97 Å². The van der Waals surface area contributed by atoms with E-state index in [1.165, 1.54) is 5.56 Å². The van der Waals surface area contributed by atoms with Gasteiger partial charge in [-0.15, -0.1) is 0 Å². The fourth-order valence-electron chi connectivity index (χ4n) is 2.51. The molecular weight excluding hydrogens is 286 g/mol. The summed E-state index contributed by atoms with van der Waals surface area (Å²) in [5.74, 6) is -0.330. The third-order valence-electron chi connectivity index (χ3n) is 3.90. The first-order valence-corrected chi connectivity index (χ1v) is 8.08. The van der Waals surface area contributed by atoms with Gasteiger partial charge in [-0.05, 0) is 37.2 Å². The average molecular weight is 311 g/mol. The quantitative estimate of drug-likeness (QED) is 0.725. The van der Waals surface area contributed by atoms with Crippen molar-refractivity contribution in [2.24, 2.45) is 0 Å². The van der Waals surface area contributed by atoms with Crippen molar-refractivity contribution < 1.29 is 9.53 Å². The summed E-state index contributed by atoms with van der Waals surface area (Å²) < 4.78 is 5.39. The lowest BCUT2D eigenvalue weighted by Crippen LogP contribution is -2.23. The Balaban J connectivity index is 2.05. The van der Waals surface area contributed by atoms with Crippen LogP contribution in [-0.4, -0.2) is 38.1 Å². The number of nitrogens with zero attached hydrogens (tertiary/aromatic N) is 1. The van der Waals surface area contributed by atoms with Gasteiger partial charge in [0, 0.05) is 6.54 Å². The molecule has 0 radical (unpaired) electrons. The van der Waals surface area contributed by atoms with Gasteiger partial charge in [-0.25, -0.2) is 0 Å². The maximum Gasteiger partial charge on any atom is 0.313 e. The normalized spacial score (nSPS) is 12.2. The van der Waals surface area contributed by atoms with Gasteiger partial charge < -0.3 is 9.64 Å². The van der Waals surface area contributed by atoms with Gasteiger partial charge in [0.25, 0.3) is 0 Å². The van der Waals surface area contributed by atoms with E-state index in [9.17, 15) is 4.79 Å². The first kappa shape index (κ1) is 17.2. The molecule has 0 saturated carbocycles. The minimum Gasteiger partial charge on any atom is -0.464 e. The Morgan fingerprint density at radius 3 is 2.17 bits per heavy atom. The fraction of sp³-hybridized carbons (Fsp3) is 0.350. The minimum absolute atomic E-state index is 0.137. The highest BCUT2D eigenvalue weighted by atomic mass is 16.5. The largest absolute Gasteiger partial charge is 0.464 e. The first-order chi connectivity index (χ1) is 11.1. The zero-order valence-corrected chi connectivity index (χ0v) is 14.2. The molecule has 0 fully saturated rings. The number of carbonyl (C=O) groups is 1. The molecule has 122 valence electrons. The highest BCUT2D eigenvalue weighted by Crippen LogP contribution is 2.25. The van der Waals surface area contributed by atoms with Crippen LogP contribution in [0.3, 0.4) is 0 Å². The van der Waals surface area contributed by atoms with E-state index in [1.807, 2.05) is 56.3 Å². The van der Waals surface area contributed by atoms with Crippen molar-refractivity contribution in [2.45, 2.75) is 19.3 Å². The first-order valence-electron chi connectivity index (χ1n) is 8.08. The molecule has 0 aliphatic heterocycles. The summed E-state index contributed by atoms with van der Waals surface area (Å²) in [5.41, 5.74) is 3.35. The fourth-order valence-corrected chi connectivity index (χ4v) is 2.51. The van der Waals surface area contributed by atoms with Crippen molar-refractivity contribution in [3.8, 4) is 11.1 Å². The van der Waals surface area contributed by atoms with Crippen LogP contribution in [0.4, 0.5) is 0 Å². The van der Waals surface area contributed by atoms with Crippen LogP contribution in [0.5, 0.6) is 0 Å². The summed E-state index contributed by atoms with van der Waals surface area (Å²) in [6.45, 7) is 3.20. The molecule has 0 aliphatic rings. The van der Waals surface area contributed by atoms with E-state index in [0.717, 1.165) is 24.1 Å².